The number of rotatable bonds is 2. The van der Waals surface area contributed by atoms with Crippen molar-refractivity contribution in [3.05, 3.63) is 22.9 Å². The molecule has 1 amide bonds. The van der Waals surface area contributed by atoms with Crippen LogP contribution in [0.3, 0.4) is 0 Å². The minimum absolute atomic E-state index is 0.280. The third kappa shape index (κ3) is 4.37. The topological polar surface area (TPSA) is 42.0 Å². The molecule has 19 heavy (non-hydrogen) atoms. The molecule has 10 heteroatoms. The molecular formula is C9H5BrF6N2O. The summed E-state index contributed by atoms with van der Waals surface area (Å²) >= 11 is 2.91. The molecule has 0 aliphatic carbocycles. The molecule has 0 spiro atoms. The van der Waals surface area contributed by atoms with Crippen LogP contribution in [0.15, 0.2) is 22.9 Å². The van der Waals surface area contributed by atoms with E-state index in [4.69, 9.17) is 0 Å². The average molecular weight is 351 g/mol. The number of carbonyl (C=O) groups is 1. The normalized spacial score (nSPS) is 12.6. The number of carbonyl (C=O) groups excluding carboxylic acids is 1. The van der Waals surface area contributed by atoms with Crippen molar-refractivity contribution in [2.75, 3.05) is 5.32 Å². The lowest BCUT2D eigenvalue weighted by Crippen LogP contribution is -2.45. The van der Waals surface area contributed by atoms with E-state index in [1.807, 2.05) is 0 Å². The van der Waals surface area contributed by atoms with E-state index >= 15 is 0 Å². The van der Waals surface area contributed by atoms with E-state index in [-0.39, 0.29) is 5.69 Å². The summed E-state index contributed by atoms with van der Waals surface area (Å²) in [6.45, 7) is 0. The van der Waals surface area contributed by atoms with Crippen molar-refractivity contribution in [2.24, 2.45) is 5.92 Å². The highest BCUT2D eigenvalue weighted by atomic mass is 79.9. The molecule has 1 heterocycles. The first-order valence-corrected chi connectivity index (χ1v) is 5.36. The van der Waals surface area contributed by atoms with Crippen molar-refractivity contribution < 1.29 is 31.1 Å². The monoisotopic (exact) mass is 350 g/mol. The number of hydrogen-bond donors (Lipinski definition) is 1. The van der Waals surface area contributed by atoms with E-state index in [2.05, 4.69) is 20.9 Å². The molecule has 0 aromatic carbocycles. The van der Waals surface area contributed by atoms with Crippen molar-refractivity contribution >= 4 is 27.5 Å². The quantitative estimate of drug-likeness (QED) is 0.829. The highest BCUT2D eigenvalue weighted by Gasteiger charge is 2.61. The second-order valence-corrected chi connectivity index (χ2v) is 4.31. The Balaban J connectivity index is 2.97. The number of alkyl halides is 6. The van der Waals surface area contributed by atoms with Crippen molar-refractivity contribution in [2.45, 2.75) is 12.4 Å². The van der Waals surface area contributed by atoms with Gasteiger partial charge in [-0.1, -0.05) is 0 Å². The second kappa shape index (κ2) is 5.35. The fourth-order valence-electron chi connectivity index (χ4n) is 1.18. The molecule has 3 nitrogen and oxygen atoms in total. The second-order valence-electron chi connectivity index (χ2n) is 3.40. The van der Waals surface area contributed by atoms with Crippen LogP contribution in [0, 0.1) is 5.92 Å². The van der Waals surface area contributed by atoms with Crippen LogP contribution in [0.2, 0.25) is 0 Å². The summed E-state index contributed by atoms with van der Waals surface area (Å²) in [6, 6.07) is 1.12. The van der Waals surface area contributed by atoms with Crippen LogP contribution < -0.4 is 5.32 Å². The summed E-state index contributed by atoms with van der Waals surface area (Å²) in [4.78, 5) is 14.6. The number of amides is 1. The Morgan fingerprint density at radius 1 is 1.16 bits per heavy atom. The van der Waals surface area contributed by atoms with Gasteiger partial charge in [0.2, 0.25) is 11.8 Å². The van der Waals surface area contributed by atoms with E-state index in [1.165, 1.54) is 11.5 Å². The molecule has 1 N–H and O–H groups in total. The fraction of sp³-hybridized carbons (Fsp3) is 0.333. The third-order valence-electron chi connectivity index (χ3n) is 1.89. The molecule has 0 saturated carbocycles. The number of aromatic nitrogens is 1. The zero-order valence-electron chi connectivity index (χ0n) is 8.81. The van der Waals surface area contributed by atoms with Crippen LogP contribution >= 0.6 is 15.9 Å². The lowest BCUT2D eigenvalue weighted by Gasteiger charge is -2.21. The van der Waals surface area contributed by atoms with E-state index in [1.54, 1.807) is 0 Å². The van der Waals surface area contributed by atoms with Gasteiger partial charge in [-0.05, 0) is 22.0 Å². The van der Waals surface area contributed by atoms with Crippen molar-refractivity contribution in [3.8, 4) is 0 Å². The van der Waals surface area contributed by atoms with Gasteiger partial charge in [0.15, 0.2) is 0 Å². The molecule has 0 atom stereocenters. The third-order valence-corrected chi connectivity index (χ3v) is 2.32. The van der Waals surface area contributed by atoms with Crippen LogP contribution in [-0.2, 0) is 4.79 Å². The van der Waals surface area contributed by atoms with Gasteiger partial charge in [-0.25, -0.2) is 0 Å². The fourth-order valence-corrected chi connectivity index (χ4v) is 1.54. The Morgan fingerprint density at radius 2 is 1.68 bits per heavy atom. The molecule has 0 aliphatic rings. The minimum atomic E-state index is -5.72. The largest absolute Gasteiger partial charge is 0.409 e. The van der Waals surface area contributed by atoms with Crippen molar-refractivity contribution in [3.63, 3.8) is 0 Å². The van der Waals surface area contributed by atoms with Gasteiger partial charge in [-0.15, -0.1) is 0 Å². The molecule has 0 fully saturated rings. The zero-order valence-corrected chi connectivity index (χ0v) is 10.4. The summed E-state index contributed by atoms with van der Waals surface area (Å²) in [5.41, 5.74) is -0.280. The molecule has 0 saturated heterocycles. The average Bonchev–Trinajstić information content (AvgIpc) is 2.11. The molecule has 0 bridgehead atoms. The first-order valence-electron chi connectivity index (χ1n) is 4.56. The van der Waals surface area contributed by atoms with Gasteiger partial charge >= 0.3 is 12.4 Å². The maximum absolute atomic E-state index is 12.2. The number of pyridine rings is 1. The van der Waals surface area contributed by atoms with Crippen LogP contribution in [0.5, 0.6) is 0 Å². The van der Waals surface area contributed by atoms with Gasteiger partial charge < -0.3 is 5.32 Å². The molecule has 0 unspecified atom stereocenters. The maximum atomic E-state index is 12.2. The van der Waals surface area contributed by atoms with Gasteiger partial charge in [0.25, 0.3) is 0 Å². The van der Waals surface area contributed by atoms with Crippen molar-refractivity contribution in [1.29, 1.82) is 0 Å². The summed E-state index contributed by atoms with van der Waals surface area (Å²) in [5.74, 6) is -6.29. The Labute approximate surface area is 111 Å². The zero-order chi connectivity index (χ0) is 14.8. The minimum Gasteiger partial charge on any atom is -0.324 e. The number of nitrogens with one attached hydrogen (secondary N) is 1. The predicted octanol–water partition coefficient (Wildman–Crippen LogP) is 3.52. The molecular weight excluding hydrogens is 346 g/mol. The van der Waals surface area contributed by atoms with Crippen LogP contribution in [0.25, 0.3) is 0 Å². The highest BCUT2D eigenvalue weighted by molar-refractivity contribution is 9.10. The Morgan fingerprint density at radius 3 is 2.11 bits per heavy atom. The summed E-state index contributed by atoms with van der Waals surface area (Å²) < 4.78 is 73.7. The first-order chi connectivity index (χ1) is 8.51. The summed E-state index contributed by atoms with van der Waals surface area (Å²) in [5, 5.41) is 1.52. The molecule has 1 rings (SSSR count). The van der Waals surface area contributed by atoms with Crippen LogP contribution in [0.1, 0.15) is 0 Å². The highest BCUT2D eigenvalue weighted by Crippen LogP contribution is 2.39. The first kappa shape index (κ1) is 15.7. The van der Waals surface area contributed by atoms with E-state index < -0.39 is 24.2 Å². The van der Waals surface area contributed by atoms with Crippen LogP contribution in [-0.4, -0.2) is 23.2 Å². The number of halogens is 7. The van der Waals surface area contributed by atoms with Gasteiger partial charge in [0.1, 0.15) is 0 Å². The molecule has 0 radical (unpaired) electrons. The Kier molecular flexibility index (Phi) is 4.43. The molecule has 1 aromatic heterocycles. The standard InChI is InChI=1S/C9H5BrF6N2O/c10-4-1-5(3-17-2-4)18-7(19)6(8(11,12)13)9(14,15)16/h1-3,6H,(H,18,19). The molecule has 1 aromatic rings. The Bertz CT molecular complexity index is 459. The molecule has 0 aliphatic heterocycles. The van der Waals surface area contributed by atoms with Gasteiger partial charge in [-0.2, -0.15) is 26.3 Å². The lowest BCUT2D eigenvalue weighted by atomic mass is 10.1. The summed E-state index contributed by atoms with van der Waals surface area (Å²) in [6.07, 6.45) is -9.27. The number of nitrogens with zero attached hydrogens (tertiary/aromatic N) is 1. The van der Waals surface area contributed by atoms with Crippen molar-refractivity contribution in [1.82, 2.24) is 4.98 Å². The lowest BCUT2D eigenvalue weighted by molar-refractivity contribution is -0.272. The Hall–Kier alpha value is -1.32. The van der Waals surface area contributed by atoms with Gasteiger partial charge in [-0.3, -0.25) is 9.78 Å². The number of hydrogen-bond acceptors (Lipinski definition) is 2. The number of anilines is 1. The molecule has 106 valence electrons. The van der Waals surface area contributed by atoms with Crippen LogP contribution in [0.4, 0.5) is 32.0 Å². The smallest absolute Gasteiger partial charge is 0.324 e. The van der Waals surface area contributed by atoms with Gasteiger partial charge in [0, 0.05) is 10.7 Å². The predicted molar refractivity (Wildman–Crippen MR) is 56.2 cm³/mol. The van der Waals surface area contributed by atoms with E-state index in [0.717, 1.165) is 12.3 Å². The summed E-state index contributed by atoms with van der Waals surface area (Å²) in [7, 11) is 0. The SMILES string of the molecule is O=C(Nc1cncc(Br)c1)C(C(F)(F)F)C(F)(F)F. The maximum Gasteiger partial charge on any atom is 0.409 e. The van der Waals surface area contributed by atoms with E-state index in [0.29, 0.717) is 4.47 Å². The van der Waals surface area contributed by atoms with E-state index in [9.17, 15) is 31.1 Å². The van der Waals surface area contributed by atoms with Gasteiger partial charge in [0.05, 0.1) is 11.9 Å².